The lowest BCUT2D eigenvalue weighted by molar-refractivity contribution is -0.385. The molecule has 0 aliphatic heterocycles. The summed E-state index contributed by atoms with van der Waals surface area (Å²) in [4.78, 5) is 26.8. The maximum atomic E-state index is 12.4. The van der Waals surface area contributed by atoms with Gasteiger partial charge in [-0.25, -0.2) is 4.98 Å². The van der Waals surface area contributed by atoms with Gasteiger partial charge in [-0.15, -0.1) is 0 Å². The Hall–Kier alpha value is -2.90. The van der Waals surface area contributed by atoms with Crippen LogP contribution in [0, 0.1) is 10.1 Å². The number of methoxy groups -OCH3 is 2. The van der Waals surface area contributed by atoms with Crippen LogP contribution in [0.5, 0.6) is 11.5 Å². The number of imidazole rings is 1. The van der Waals surface area contributed by atoms with Crippen LogP contribution >= 0.6 is 0 Å². The maximum absolute atomic E-state index is 12.4. The van der Waals surface area contributed by atoms with E-state index in [2.05, 4.69) is 4.98 Å². The highest BCUT2D eigenvalue weighted by Gasteiger charge is 2.25. The van der Waals surface area contributed by atoms with Gasteiger partial charge >= 0.3 is 5.69 Å². The summed E-state index contributed by atoms with van der Waals surface area (Å²) >= 11 is 0. The topological polar surface area (TPSA) is 96.5 Å². The van der Waals surface area contributed by atoms with Gasteiger partial charge in [0.05, 0.1) is 19.1 Å². The zero-order valence-corrected chi connectivity index (χ0v) is 11.7. The molecule has 2 aromatic rings. The number of aryl methyl sites for hydroxylation is 1. The number of ketones is 1. The highest BCUT2D eigenvalue weighted by molar-refractivity contribution is 6.07. The van der Waals surface area contributed by atoms with Crippen molar-refractivity contribution in [2.24, 2.45) is 7.05 Å². The third-order valence-corrected chi connectivity index (χ3v) is 2.94. The van der Waals surface area contributed by atoms with Crippen molar-refractivity contribution in [3.8, 4) is 11.5 Å². The van der Waals surface area contributed by atoms with Gasteiger partial charge in [-0.1, -0.05) is 0 Å². The first-order valence-corrected chi connectivity index (χ1v) is 5.92. The van der Waals surface area contributed by atoms with Crippen LogP contribution in [0.15, 0.2) is 24.5 Å². The van der Waals surface area contributed by atoms with Crippen molar-refractivity contribution in [2.45, 2.75) is 0 Å². The van der Waals surface area contributed by atoms with E-state index >= 15 is 0 Å². The average Bonchev–Trinajstić information content (AvgIpc) is 2.90. The molecule has 21 heavy (non-hydrogen) atoms. The maximum Gasteiger partial charge on any atom is 0.315 e. The first-order chi connectivity index (χ1) is 9.99. The van der Waals surface area contributed by atoms with Gasteiger partial charge in [-0.2, -0.15) is 0 Å². The highest BCUT2D eigenvalue weighted by atomic mass is 16.6. The molecule has 0 atom stereocenters. The molecular weight excluding hydrogens is 278 g/mol. The van der Waals surface area contributed by atoms with Crippen molar-refractivity contribution in [1.82, 2.24) is 9.55 Å². The molecule has 0 spiro atoms. The molecule has 0 aliphatic rings. The van der Waals surface area contributed by atoms with Crippen LogP contribution in [0.3, 0.4) is 0 Å². The van der Waals surface area contributed by atoms with E-state index < -0.39 is 10.7 Å². The van der Waals surface area contributed by atoms with Gasteiger partial charge < -0.3 is 14.0 Å². The molecule has 1 aromatic carbocycles. The fraction of sp³-hybridized carbons (Fsp3) is 0.231. The second kappa shape index (κ2) is 5.61. The molecule has 110 valence electrons. The standard InChI is InChI=1S/C13H13N3O5/c1-15-5-4-14-13(15)11(17)8-6-9(16(18)19)12(21-3)10(7-8)20-2/h4-7H,1-3H3. The van der Waals surface area contributed by atoms with E-state index in [1.165, 1.54) is 31.0 Å². The third kappa shape index (κ3) is 2.55. The lowest BCUT2D eigenvalue weighted by atomic mass is 10.1. The number of carbonyl (C=O) groups is 1. The molecule has 8 heteroatoms. The quantitative estimate of drug-likeness (QED) is 0.471. The molecular formula is C13H13N3O5. The molecule has 0 radical (unpaired) electrons. The second-order valence-corrected chi connectivity index (χ2v) is 4.18. The van der Waals surface area contributed by atoms with E-state index in [-0.39, 0.29) is 28.6 Å². The van der Waals surface area contributed by atoms with Gasteiger partial charge in [-0.05, 0) is 6.07 Å². The first kappa shape index (κ1) is 14.5. The summed E-state index contributed by atoms with van der Waals surface area (Å²) in [6.07, 6.45) is 3.09. The minimum atomic E-state index is -0.628. The van der Waals surface area contributed by atoms with Crippen molar-refractivity contribution < 1.29 is 19.2 Å². The molecule has 0 N–H and O–H groups in total. The molecule has 0 unspecified atom stereocenters. The van der Waals surface area contributed by atoms with E-state index in [9.17, 15) is 14.9 Å². The number of ether oxygens (including phenoxy) is 2. The van der Waals surface area contributed by atoms with Crippen molar-refractivity contribution >= 4 is 11.5 Å². The fourth-order valence-electron chi connectivity index (χ4n) is 1.92. The first-order valence-electron chi connectivity index (χ1n) is 5.92. The van der Waals surface area contributed by atoms with Crippen molar-refractivity contribution in [2.75, 3.05) is 14.2 Å². The van der Waals surface area contributed by atoms with Crippen LogP contribution in [0.2, 0.25) is 0 Å². The van der Waals surface area contributed by atoms with Crippen molar-refractivity contribution in [3.05, 3.63) is 46.0 Å². The Bertz CT molecular complexity index is 708. The molecule has 0 aliphatic carbocycles. The minimum absolute atomic E-state index is 0.0288. The highest BCUT2D eigenvalue weighted by Crippen LogP contribution is 2.38. The van der Waals surface area contributed by atoms with E-state index in [0.29, 0.717) is 0 Å². The smallest absolute Gasteiger partial charge is 0.315 e. The number of hydrogen-bond acceptors (Lipinski definition) is 6. The number of rotatable bonds is 5. The number of nitro groups is 1. The summed E-state index contributed by atoms with van der Waals surface area (Å²) in [6.45, 7) is 0. The van der Waals surface area contributed by atoms with Crippen molar-refractivity contribution in [3.63, 3.8) is 0 Å². The summed E-state index contributed by atoms with van der Waals surface area (Å²) in [5, 5.41) is 11.1. The lowest BCUT2D eigenvalue weighted by Crippen LogP contribution is -2.10. The number of carbonyl (C=O) groups excluding carboxylic acids is 1. The Kier molecular flexibility index (Phi) is 3.88. The predicted molar refractivity (Wildman–Crippen MR) is 72.8 cm³/mol. The summed E-state index contributed by atoms with van der Waals surface area (Å²) in [5.41, 5.74) is -0.233. The van der Waals surface area contributed by atoms with E-state index in [4.69, 9.17) is 9.47 Å². The van der Waals surface area contributed by atoms with Gasteiger partial charge in [0.15, 0.2) is 11.6 Å². The molecule has 0 saturated carbocycles. The summed E-state index contributed by atoms with van der Waals surface area (Å²) in [7, 11) is 4.30. The van der Waals surface area contributed by atoms with Crippen LogP contribution in [0.25, 0.3) is 0 Å². The van der Waals surface area contributed by atoms with Gasteiger partial charge in [-0.3, -0.25) is 14.9 Å². The van der Waals surface area contributed by atoms with Crippen LogP contribution in [-0.2, 0) is 7.05 Å². The van der Waals surface area contributed by atoms with E-state index in [0.717, 1.165) is 6.07 Å². The molecule has 0 saturated heterocycles. The van der Waals surface area contributed by atoms with Gasteiger partial charge in [0.2, 0.25) is 11.5 Å². The Morgan fingerprint density at radius 2 is 2.05 bits per heavy atom. The Balaban J connectivity index is 2.60. The third-order valence-electron chi connectivity index (χ3n) is 2.94. The monoisotopic (exact) mass is 291 g/mol. The predicted octanol–water partition coefficient (Wildman–Crippen LogP) is 1.58. The number of nitrogens with zero attached hydrogens (tertiary/aromatic N) is 3. The van der Waals surface area contributed by atoms with Gasteiger partial charge in [0.25, 0.3) is 0 Å². The number of hydrogen-bond donors (Lipinski definition) is 0. The summed E-state index contributed by atoms with van der Waals surface area (Å²) in [5.74, 6) is -0.175. The average molecular weight is 291 g/mol. The van der Waals surface area contributed by atoms with Crippen LogP contribution in [0.1, 0.15) is 16.2 Å². The summed E-state index contributed by atoms with van der Waals surface area (Å²) in [6, 6.07) is 2.54. The molecule has 1 aromatic heterocycles. The Morgan fingerprint density at radius 3 is 2.52 bits per heavy atom. The largest absolute Gasteiger partial charge is 0.493 e. The Morgan fingerprint density at radius 1 is 1.33 bits per heavy atom. The fourth-order valence-corrected chi connectivity index (χ4v) is 1.92. The normalized spacial score (nSPS) is 10.2. The summed E-state index contributed by atoms with van der Waals surface area (Å²) < 4.78 is 11.6. The SMILES string of the molecule is COc1cc(C(=O)c2nccn2C)cc([N+](=O)[O-])c1OC. The number of benzene rings is 1. The second-order valence-electron chi connectivity index (χ2n) is 4.18. The molecule has 0 bridgehead atoms. The van der Waals surface area contributed by atoms with Crippen molar-refractivity contribution in [1.29, 1.82) is 0 Å². The lowest BCUT2D eigenvalue weighted by Gasteiger charge is -2.10. The van der Waals surface area contributed by atoms with E-state index in [1.54, 1.807) is 13.2 Å². The zero-order chi connectivity index (χ0) is 15.6. The van der Waals surface area contributed by atoms with Crippen LogP contribution in [-0.4, -0.2) is 34.5 Å². The minimum Gasteiger partial charge on any atom is -0.493 e. The van der Waals surface area contributed by atoms with Gasteiger partial charge in [0, 0.05) is 31.1 Å². The van der Waals surface area contributed by atoms with E-state index in [1.807, 2.05) is 0 Å². The Labute approximate surface area is 120 Å². The number of aromatic nitrogens is 2. The molecule has 1 heterocycles. The van der Waals surface area contributed by atoms with Crippen LogP contribution in [0.4, 0.5) is 5.69 Å². The number of nitro benzene ring substituents is 1. The molecule has 0 fully saturated rings. The zero-order valence-electron chi connectivity index (χ0n) is 11.7. The van der Waals surface area contributed by atoms with Crippen LogP contribution < -0.4 is 9.47 Å². The molecule has 2 rings (SSSR count). The van der Waals surface area contributed by atoms with Gasteiger partial charge in [0.1, 0.15) is 0 Å². The molecule has 0 amide bonds. The molecule has 8 nitrogen and oxygen atoms in total.